The Hall–Kier alpha value is -1.10. The summed E-state index contributed by atoms with van der Waals surface area (Å²) in [6.45, 7) is 1.93. The van der Waals surface area contributed by atoms with Crippen molar-refractivity contribution >= 4 is 11.8 Å². The van der Waals surface area contributed by atoms with Crippen molar-refractivity contribution < 1.29 is 9.59 Å². The van der Waals surface area contributed by atoms with Crippen LogP contribution in [0.4, 0.5) is 0 Å². The summed E-state index contributed by atoms with van der Waals surface area (Å²) in [5.74, 6) is 3.92. The van der Waals surface area contributed by atoms with Gasteiger partial charge in [-0.15, -0.1) is 0 Å². The molecule has 0 aromatic rings. The maximum atomic E-state index is 11.1. The molecule has 0 bridgehead atoms. The molecule has 0 saturated heterocycles. The van der Waals surface area contributed by atoms with Crippen LogP contribution in [0.15, 0.2) is 0 Å². The van der Waals surface area contributed by atoms with E-state index in [-0.39, 0.29) is 6.04 Å². The minimum absolute atomic E-state index is 0.0577. The van der Waals surface area contributed by atoms with Crippen LogP contribution in [-0.2, 0) is 9.59 Å². The molecule has 1 saturated carbocycles. The molecule has 1 aliphatic carbocycles. The highest BCUT2D eigenvalue weighted by molar-refractivity contribution is 6.34. The zero-order valence-electron chi connectivity index (χ0n) is 8.38. The molecule has 1 atom stereocenters. The Morgan fingerprint density at radius 1 is 1.29 bits per heavy atom. The minimum atomic E-state index is -0.783. The summed E-state index contributed by atoms with van der Waals surface area (Å²) in [6.07, 6.45) is 4.69. The van der Waals surface area contributed by atoms with Gasteiger partial charge in [0.05, 0.1) is 0 Å². The summed E-state index contributed by atoms with van der Waals surface area (Å²) in [4.78, 5) is 22.0. The Balaban J connectivity index is 2.35. The Morgan fingerprint density at radius 3 is 2.36 bits per heavy atom. The molecular formula is C9H17N3O2. The van der Waals surface area contributed by atoms with Gasteiger partial charge >= 0.3 is 11.8 Å². The predicted octanol–water partition coefficient (Wildman–Crippen LogP) is -0.329. The second kappa shape index (κ2) is 4.95. The quantitative estimate of drug-likeness (QED) is 0.246. The number of amides is 2. The van der Waals surface area contributed by atoms with Gasteiger partial charge in [-0.2, -0.15) is 0 Å². The fraction of sp³-hybridized carbons (Fsp3) is 0.778. The lowest BCUT2D eigenvalue weighted by Crippen LogP contribution is -2.47. The van der Waals surface area contributed by atoms with Crippen LogP contribution in [0.5, 0.6) is 0 Å². The van der Waals surface area contributed by atoms with E-state index in [1.807, 2.05) is 12.3 Å². The van der Waals surface area contributed by atoms with Gasteiger partial charge in [-0.25, -0.2) is 5.84 Å². The fourth-order valence-corrected chi connectivity index (χ4v) is 1.91. The molecular weight excluding hydrogens is 182 g/mol. The van der Waals surface area contributed by atoms with Crippen molar-refractivity contribution in [1.29, 1.82) is 0 Å². The first-order valence-electron chi connectivity index (χ1n) is 4.96. The van der Waals surface area contributed by atoms with Gasteiger partial charge in [-0.05, 0) is 25.7 Å². The van der Waals surface area contributed by atoms with Crippen LogP contribution in [0.2, 0.25) is 0 Å². The maximum Gasteiger partial charge on any atom is 0.323 e. The molecule has 1 aliphatic rings. The third-order valence-corrected chi connectivity index (χ3v) is 2.80. The molecule has 4 N–H and O–H groups in total. The van der Waals surface area contributed by atoms with Gasteiger partial charge in [-0.3, -0.25) is 15.0 Å². The van der Waals surface area contributed by atoms with Crippen LogP contribution in [0, 0.1) is 5.92 Å². The normalized spacial score (nSPS) is 19.0. The van der Waals surface area contributed by atoms with Crippen molar-refractivity contribution in [2.75, 3.05) is 0 Å². The second-order valence-electron chi connectivity index (χ2n) is 3.78. The Morgan fingerprint density at radius 2 is 1.86 bits per heavy atom. The topological polar surface area (TPSA) is 84.2 Å². The number of nitrogens with one attached hydrogen (secondary N) is 2. The van der Waals surface area contributed by atoms with Crippen LogP contribution in [0.3, 0.4) is 0 Å². The number of hydrogen-bond donors (Lipinski definition) is 3. The smallest absolute Gasteiger partial charge is 0.323 e. The van der Waals surface area contributed by atoms with Gasteiger partial charge in [0.25, 0.3) is 0 Å². The highest BCUT2D eigenvalue weighted by Crippen LogP contribution is 2.27. The lowest BCUT2D eigenvalue weighted by Gasteiger charge is -2.19. The average molecular weight is 199 g/mol. The Bertz CT molecular complexity index is 224. The van der Waals surface area contributed by atoms with E-state index in [0.717, 1.165) is 12.8 Å². The second-order valence-corrected chi connectivity index (χ2v) is 3.78. The molecule has 14 heavy (non-hydrogen) atoms. The lowest BCUT2D eigenvalue weighted by molar-refractivity contribution is -0.139. The Labute approximate surface area is 83.4 Å². The van der Waals surface area contributed by atoms with Gasteiger partial charge in [0.2, 0.25) is 0 Å². The molecule has 1 fully saturated rings. The molecule has 80 valence electrons. The van der Waals surface area contributed by atoms with Crippen molar-refractivity contribution in [2.24, 2.45) is 11.8 Å². The number of carbonyl (C=O) groups is 2. The number of rotatable bonds is 2. The minimum Gasteiger partial charge on any atom is -0.345 e. The monoisotopic (exact) mass is 199 g/mol. The van der Waals surface area contributed by atoms with Gasteiger partial charge < -0.3 is 5.32 Å². The molecule has 1 unspecified atom stereocenters. The summed E-state index contributed by atoms with van der Waals surface area (Å²) in [5, 5.41) is 2.64. The third-order valence-electron chi connectivity index (χ3n) is 2.80. The van der Waals surface area contributed by atoms with Crippen LogP contribution >= 0.6 is 0 Å². The first-order chi connectivity index (χ1) is 6.65. The van der Waals surface area contributed by atoms with Crippen molar-refractivity contribution in [3.8, 4) is 0 Å². The summed E-state index contributed by atoms with van der Waals surface area (Å²) in [5.41, 5.74) is 1.81. The molecule has 0 aromatic carbocycles. The lowest BCUT2D eigenvalue weighted by atomic mass is 10.00. The molecule has 5 nitrogen and oxygen atoms in total. The summed E-state index contributed by atoms with van der Waals surface area (Å²) < 4.78 is 0. The van der Waals surface area contributed by atoms with Crippen molar-refractivity contribution in [2.45, 2.75) is 38.6 Å². The van der Waals surface area contributed by atoms with Crippen LogP contribution in [0.1, 0.15) is 32.6 Å². The number of hydrazine groups is 1. The molecule has 5 heteroatoms. The van der Waals surface area contributed by atoms with E-state index in [2.05, 4.69) is 5.32 Å². The Kier molecular flexibility index (Phi) is 3.88. The van der Waals surface area contributed by atoms with Crippen molar-refractivity contribution in [3.63, 3.8) is 0 Å². The SMILES string of the molecule is CC(NC(=O)C(=O)NN)C1CCCC1. The molecule has 0 spiro atoms. The molecule has 2 amide bonds. The molecule has 0 heterocycles. The maximum absolute atomic E-state index is 11.1. The molecule has 0 aliphatic heterocycles. The van der Waals surface area contributed by atoms with Gasteiger partial charge in [0, 0.05) is 6.04 Å². The van der Waals surface area contributed by atoms with Crippen LogP contribution in [0.25, 0.3) is 0 Å². The van der Waals surface area contributed by atoms with E-state index >= 15 is 0 Å². The number of carbonyl (C=O) groups excluding carboxylic acids is 2. The summed E-state index contributed by atoms with van der Waals surface area (Å²) in [7, 11) is 0. The average Bonchev–Trinajstić information content (AvgIpc) is 2.69. The first kappa shape index (κ1) is 11.0. The van der Waals surface area contributed by atoms with Crippen molar-refractivity contribution in [3.05, 3.63) is 0 Å². The van der Waals surface area contributed by atoms with E-state index in [1.54, 1.807) is 0 Å². The van der Waals surface area contributed by atoms with E-state index in [4.69, 9.17) is 5.84 Å². The highest BCUT2D eigenvalue weighted by atomic mass is 16.2. The highest BCUT2D eigenvalue weighted by Gasteiger charge is 2.24. The molecule has 0 radical (unpaired) electrons. The summed E-state index contributed by atoms with van der Waals surface area (Å²) in [6, 6.07) is 0.0577. The first-order valence-corrected chi connectivity index (χ1v) is 4.96. The van der Waals surface area contributed by atoms with E-state index in [1.165, 1.54) is 12.8 Å². The van der Waals surface area contributed by atoms with Gasteiger partial charge in [0.15, 0.2) is 0 Å². The van der Waals surface area contributed by atoms with Crippen LogP contribution < -0.4 is 16.6 Å². The van der Waals surface area contributed by atoms with E-state index < -0.39 is 11.8 Å². The number of nitrogens with two attached hydrogens (primary N) is 1. The zero-order valence-corrected chi connectivity index (χ0v) is 8.38. The van der Waals surface area contributed by atoms with E-state index in [9.17, 15) is 9.59 Å². The number of hydrogen-bond acceptors (Lipinski definition) is 3. The fourth-order valence-electron chi connectivity index (χ4n) is 1.91. The van der Waals surface area contributed by atoms with Gasteiger partial charge in [-0.1, -0.05) is 12.8 Å². The van der Waals surface area contributed by atoms with Crippen LogP contribution in [-0.4, -0.2) is 17.9 Å². The molecule has 0 aromatic heterocycles. The van der Waals surface area contributed by atoms with Gasteiger partial charge in [0.1, 0.15) is 0 Å². The summed E-state index contributed by atoms with van der Waals surface area (Å²) >= 11 is 0. The predicted molar refractivity (Wildman–Crippen MR) is 51.9 cm³/mol. The van der Waals surface area contributed by atoms with E-state index in [0.29, 0.717) is 5.92 Å². The largest absolute Gasteiger partial charge is 0.345 e. The molecule has 1 rings (SSSR count). The van der Waals surface area contributed by atoms with Crippen molar-refractivity contribution in [1.82, 2.24) is 10.7 Å². The zero-order chi connectivity index (χ0) is 10.6. The standard InChI is InChI=1S/C9H17N3O2/c1-6(7-4-2-3-5-7)11-8(13)9(14)12-10/h6-7H,2-5,10H2,1H3,(H,11,13)(H,12,14). The third kappa shape index (κ3) is 2.70.